The minimum Gasteiger partial charge on any atom is -0.371 e. The molecule has 1 aliphatic heterocycles. The topological polar surface area (TPSA) is 59.2 Å². The van der Waals surface area contributed by atoms with Gasteiger partial charge in [-0.05, 0) is 37.8 Å². The molecule has 1 amide bonds. The number of rotatable bonds is 3. The molecule has 2 rings (SSSR count). The molecule has 4 heteroatoms. The van der Waals surface area contributed by atoms with Gasteiger partial charge in [-0.25, -0.2) is 0 Å². The van der Waals surface area contributed by atoms with Gasteiger partial charge in [0.2, 0.25) is 5.91 Å². The van der Waals surface area contributed by atoms with Gasteiger partial charge in [-0.15, -0.1) is 0 Å². The zero-order chi connectivity index (χ0) is 13.1. The van der Waals surface area contributed by atoms with Crippen LogP contribution in [0.15, 0.2) is 18.3 Å². The second-order valence-electron chi connectivity index (χ2n) is 5.17. The van der Waals surface area contributed by atoms with Crippen molar-refractivity contribution < 1.29 is 4.79 Å². The second-order valence-corrected chi connectivity index (χ2v) is 5.17. The molecule has 0 radical (unpaired) electrons. The number of piperidine rings is 1. The number of hydrogen-bond donors (Lipinski definition) is 1. The zero-order valence-corrected chi connectivity index (χ0v) is 11.1. The number of aryl methyl sites for hydroxylation is 1. The van der Waals surface area contributed by atoms with E-state index < -0.39 is 0 Å². The molecule has 1 saturated heterocycles. The normalized spacial score (nSPS) is 18.7. The number of nitrogens with zero attached hydrogens (tertiary/aromatic N) is 2. The fourth-order valence-electron chi connectivity index (χ4n) is 2.62. The van der Waals surface area contributed by atoms with E-state index in [1.54, 1.807) is 0 Å². The molecule has 1 aromatic heterocycles. The Morgan fingerprint density at radius 3 is 2.72 bits per heavy atom. The number of carbonyl (C=O) groups is 1. The Morgan fingerprint density at radius 1 is 1.50 bits per heavy atom. The minimum absolute atomic E-state index is 0.00803. The van der Waals surface area contributed by atoms with Gasteiger partial charge in [0.05, 0.1) is 0 Å². The Hall–Kier alpha value is -1.58. The van der Waals surface area contributed by atoms with Crippen LogP contribution in [0.4, 0.5) is 5.69 Å². The number of nitrogens with two attached hydrogens (primary N) is 1. The van der Waals surface area contributed by atoms with Crippen LogP contribution < -0.4 is 10.6 Å². The molecule has 1 aliphatic rings. The average Bonchev–Trinajstić information content (AvgIpc) is 2.38. The van der Waals surface area contributed by atoms with Gasteiger partial charge in [-0.2, -0.15) is 0 Å². The van der Waals surface area contributed by atoms with Crippen LogP contribution in [-0.2, 0) is 4.79 Å². The van der Waals surface area contributed by atoms with Gasteiger partial charge in [-0.3, -0.25) is 9.78 Å². The Balaban J connectivity index is 1.96. The highest BCUT2D eigenvalue weighted by Crippen LogP contribution is 2.27. The lowest BCUT2D eigenvalue weighted by atomic mass is 9.85. The number of carbonyl (C=O) groups excluding carboxylic acids is 1. The van der Waals surface area contributed by atoms with Crippen LogP contribution in [0.1, 0.15) is 25.5 Å². The lowest BCUT2D eigenvalue weighted by Gasteiger charge is -2.35. The molecule has 0 aromatic carbocycles. The molecule has 1 aromatic rings. The average molecular weight is 247 g/mol. The molecule has 1 atom stereocenters. The highest BCUT2D eigenvalue weighted by molar-refractivity contribution is 5.76. The highest BCUT2D eigenvalue weighted by atomic mass is 16.1. The van der Waals surface area contributed by atoms with Gasteiger partial charge in [0.15, 0.2) is 0 Å². The lowest BCUT2D eigenvalue weighted by molar-refractivity contribution is -0.123. The van der Waals surface area contributed by atoms with Crippen LogP contribution in [0.3, 0.4) is 0 Å². The molecule has 0 bridgehead atoms. The fourth-order valence-corrected chi connectivity index (χ4v) is 2.62. The van der Waals surface area contributed by atoms with E-state index in [2.05, 4.69) is 16.0 Å². The summed E-state index contributed by atoms with van der Waals surface area (Å²) in [7, 11) is 0. The summed E-state index contributed by atoms with van der Waals surface area (Å²) in [6.45, 7) is 5.93. The largest absolute Gasteiger partial charge is 0.371 e. The Bertz CT molecular complexity index is 425. The molecule has 1 unspecified atom stereocenters. The molecule has 0 saturated carbocycles. The standard InChI is InChI=1S/C14H21N3O/c1-10-9-13(3-6-16-10)17-7-4-12(5-8-17)11(2)14(15)18/h3,6,9,11-12H,4-5,7-8H2,1-2H3,(H2,15,18). The van der Waals surface area contributed by atoms with Crippen molar-refractivity contribution in [2.45, 2.75) is 26.7 Å². The van der Waals surface area contributed by atoms with Crippen LogP contribution >= 0.6 is 0 Å². The van der Waals surface area contributed by atoms with E-state index in [0.717, 1.165) is 31.6 Å². The number of primary amides is 1. The van der Waals surface area contributed by atoms with E-state index >= 15 is 0 Å². The van der Waals surface area contributed by atoms with Crippen molar-refractivity contribution in [2.24, 2.45) is 17.6 Å². The first-order chi connectivity index (χ1) is 8.58. The van der Waals surface area contributed by atoms with Crippen LogP contribution in [0.2, 0.25) is 0 Å². The van der Waals surface area contributed by atoms with E-state index in [9.17, 15) is 4.79 Å². The molecule has 2 heterocycles. The molecule has 1 fully saturated rings. The number of pyridine rings is 1. The Kier molecular flexibility index (Phi) is 3.84. The molecule has 18 heavy (non-hydrogen) atoms. The SMILES string of the molecule is Cc1cc(N2CCC(C(C)C(N)=O)CC2)ccn1. The van der Waals surface area contributed by atoms with E-state index in [4.69, 9.17) is 5.73 Å². The predicted molar refractivity (Wildman–Crippen MR) is 72.3 cm³/mol. The van der Waals surface area contributed by atoms with Gasteiger partial charge >= 0.3 is 0 Å². The van der Waals surface area contributed by atoms with Gasteiger partial charge in [0.1, 0.15) is 0 Å². The zero-order valence-electron chi connectivity index (χ0n) is 11.1. The maximum absolute atomic E-state index is 11.2. The first kappa shape index (κ1) is 12.9. The minimum atomic E-state index is -0.173. The monoisotopic (exact) mass is 247 g/mol. The fraction of sp³-hybridized carbons (Fsp3) is 0.571. The van der Waals surface area contributed by atoms with Crippen molar-refractivity contribution in [2.75, 3.05) is 18.0 Å². The summed E-state index contributed by atoms with van der Waals surface area (Å²) in [5.74, 6) is 0.251. The van der Waals surface area contributed by atoms with E-state index in [-0.39, 0.29) is 11.8 Å². The predicted octanol–water partition coefficient (Wildman–Crippen LogP) is 1.73. The number of amides is 1. The lowest BCUT2D eigenvalue weighted by Crippen LogP contribution is -2.38. The summed E-state index contributed by atoms with van der Waals surface area (Å²) in [5.41, 5.74) is 7.64. The van der Waals surface area contributed by atoms with E-state index in [1.165, 1.54) is 5.69 Å². The molecule has 0 spiro atoms. The first-order valence-corrected chi connectivity index (χ1v) is 6.55. The van der Waals surface area contributed by atoms with Crippen LogP contribution in [0, 0.1) is 18.8 Å². The number of anilines is 1. The maximum atomic E-state index is 11.2. The van der Waals surface area contributed by atoms with Crippen molar-refractivity contribution in [3.63, 3.8) is 0 Å². The summed E-state index contributed by atoms with van der Waals surface area (Å²) >= 11 is 0. The molecule has 4 nitrogen and oxygen atoms in total. The summed E-state index contributed by atoms with van der Waals surface area (Å²) in [4.78, 5) is 17.8. The van der Waals surface area contributed by atoms with Crippen molar-refractivity contribution in [1.29, 1.82) is 0 Å². The van der Waals surface area contributed by atoms with Gasteiger partial charge in [-0.1, -0.05) is 6.92 Å². The van der Waals surface area contributed by atoms with Crippen molar-refractivity contribution in [3.05, 3.63) is 24.0 Å². The summed E-state index contributed by atoms with van der Waals surface area (Å²) in [6, 6.07) is 4.16. The van der Waals surface area contributed by atoms with Crippen molar-refractivity contribution >= 4 is 11.6 Å². The van der Waals surface area contributed by atoms with Crippen molar-refractivity contribution in [3.8, 4) is 0 Å². The summed E-state index contributed by atoms with van der Waals surface area (Å²) in [6.07, 6.45) is 3.92. The third kappa shape index (κ3) is 2.81. The highest BCUT2D eigenvalue weighted by Gasteiger charge is 2.26. The molecule has 0 aliphatic carbocycles. The maximum Gasteiger partial charge on any atom is 0.220 e. The van der Waals surface area contributed by atoms with E-state index in [0.29, 0.717) is 5.92 Å². The quantitative estimate of drug-likeness (QED) is 0.885. The van der Waals surface area contributed by atoms with Crippen LogP contribution in [0.25, 0.3) is 0 Å². The number of hydrogen-bond acceptors (Lipinski definition) is 3. The van der Waals surface area contributed by atoms with Crippen LogP contribution in [0.5, 0.6) is 0 Å². The van der Waals surface area contributed by atoms with E-state index in [1.807, 2.05) is 26.1 Å². The summed E-state index contributed by atoms with van der Waals surface area (Å²) < 4.78 is 0. The van der Waals surface area contributed by atoms with Gasteiger partial charge in [0.25, 0.3) is 0 Å². The molecular weight excluding hydrogens is 226 g/mol. The Morgan fingerprint density at radius 2 is 2.17 bits per heavy atom. The molecular formula is C14H21N3O. The second kappa shape index (κ2) is 5.38. The number of aromatic nitrogens is 1. The summed E-state index contributed by atoms with van der Waals surface area (Å²) in [5, 5.41) is 0. The third-order valence-electron chi connectivity index (χ3n) is 3.94. The smallest absolute Gasteiger partial charge is 0.220 e. The van der Waals surface area contributed by atoms with Gasteiger partial charge in [0, 0.05) is 36.6 Å². The van der Waals surface area contributed by atoms with Crippen molar-refractivity contribution in [1.82, 2.24) is 4.98 Å². The first-order valence-electron chi connectivity index (χ1n) is 6.55. The van der Waals surface area contributed by atoms with Gasteiger partial charge < -0.3 is 10.6 Å². The molecule has 98 valence electrons. The van der Waals surface area contributed by atoms with Crippen LogP contribution in [-0.4, -0.2) is 24.0 Å². The Labute approximate surface area is 108 Å². The molecule has 2 N–H and O–H groups in total. The third-order valence-corrected chi connectivity index (χ3v) is 3.94.